The molecule has 1 atom stereocenters. The van der Waals surface area contributed by atoms with Gasteiger partial charge >= 0.3 is 5.97 Å². The van der Waals surface area contributed by atoms with E-state index in [0.29, 0.717) is 5.56 Å². The van der Waals surface area contributed by atoms with Crippen molar-refractivity contribution >= 4 is 28.7 Å². The van der Waals surface area contributed by atoms with Crippen LogP contribution in [-0.2, 0) is 20.7 Å². The molecule has 3 aromatic rings. The Morgan fingerprint density at radius 3 is 2.45 bits per heavy atom. The Bertz CT molecular complexity index is 1100. The third kappa shape index (κ3) is 5.31. The molecule has 0 saturated heterocycles. The number of rotatable bonds is 7. The van der Waals surface area contributed by atoms with Gasteiger partial charge in [-0.2, -0.15) is 0 Å². The number of nitrogens with one attached hydrogen (secondary N) is 2. The van der Waals surface area contributed by atoms with E-state index in [9.17, 15) is 14.4 Å². The first kappa shape index (κ1) is 22.1. The molecule has 0 aliphatic heterocycles. The number of aromatic amines is 1. The molecule has 1 unspecified atom stereocenters. The van der Waals surface area contributed by atoms with E-state index in [1.807, 2.05) is 50.4 Å². The van der Waals surface area contributed by atoms with Crippen LogP contribution < -0.4 is 5.32 Å². The predicted octanol–water partition coefficient (Wildman–Crippen LogP) is 2.76. The van der Waals surface area contributed by atoms with Gasteiger partial charge < -0.3 is 19.9 Å². The highest BCUT2D eigenvalue weighted by Crippen LogP contribution is 2.19. The minimum Gasteiger partial charge on any atom is -0.467 e. The lowest BCUT2D eigenvalue weighted by Gasteiger charge is -2.20. The lowest BCUT2D eigenvalue weighted by molar-refractivity contribution is -0.145. The maximum atomic E-state index is 12.7. The SMILES string of the molecule is COC(=O)C(Cc1c[nH]c2ccccc12)NC(=O)CN(C)C(=O)c1cc(C)cc(C)c1. The summed E-state index contributed by atoms with van der Waals surface area (Å²) >= 11 is 0. The van der Waals surface area contributed by atoms with Crippen molar-refractivity contribution in [3.63, 3.8) is 0 Å². The van der Waals surface area contributed by atoms with Crippen molar-refractivity contribution in [2.45, 2.75) is 26.3 Å². The zero-order valence-corrected chi connectivity index (χ0v) is 18.2. The third-order valence-electron chi connectivity index (χ3n) is 5.12. The number of para-hydroxylation sites is 1. The van der Waals surface area contributed by atoms with Crippen molar-refractivity contribution in [2.24, 2.45) is 0 Å². The first-order chi connectivity index (χ1) is 14.8. The quantitative estimate of drug-likeness (QED) is 0.574. The van der Waals surface area contributed by atoms with Gasteiger partial charge in [-0.3, -0.25) is 9.59 Å². The number of esters is 1. The Hall–Kier alpha value is -3.61. The van der Waals surface area contributed by atoms with Gasteiger partial charge in [0.2, 0.25) is 5.91 Å². The monoisotopic (exact) mass is 421 g/mol. The summed E-state index contributed by atoms with van der Waals surface area (Å²) in [6, 6.07) is 12.4. The second-order valence-electron chi connectivity index (χ2n) is 7.74. The van der Waals surface area contributed by atoms with Crippen molar-refractivity contribution in [3.8, 4) is 0 Å². The minimum atomic E-state index is -0.860. The highest BCUT2D eigenvalue weighted by atomic mass is 16.5. The summed E-state index contributed by atoms with van der Waals surface area (Å²) in [5, 5.41) is 3.69. The number of likely N-dealkylation sites (N-methyl/N-ethyl adjacent to an activating group) is 1. The molecule has 0 fully saturated rings. The number of carbonyl (C=O) groups excluding carboxylic acids is 3. The number of H-pyrrole nitrogens is 1. The summed E-state index contributed by atoms with van der Waals surface area (Å²) < 4.78 is 4.88. The van der Waals surface area contributed by atoms with Crippen molar-refractivity contribution in [1.82, 2.24) is 15.2 Å². The third-order valence-corrected chi connectivity index (χ3v) is 5.12. The molecule has 0 saturated carbocycles. The van der Waals surface area contributed by atoms with Crippen LogP contribution in [0.3, 0.4) is 0 Å². The Morgan fingerprint density at radius 2 is 1.77 bits per heavy atom. The van der Waals surface area contributed by atoms with Crippen LogP contribution in [0.25, 0.3) is 10.9 Å². The smallest absolute Gasteiger partial charge is 0.328 e. The van der Waals surface area contributed by atoms with Crippen molar-refractivity contribution in [2.75, 3.05) is 20.7 Å². The first-order valence-electron chi connectivity index (χ1n) is 10.0. The molecule has 7 nitrogen and oxygen atoms in total. The molecule has 2 amide bonds. The van der Waals surface area contributed by atoms with Gasteiger partial charge in [0, 0.05) is 36.1 Å². The fourth-order valence-electron chi connectivity index (χ4n) is 3.70. The molecule has 0 spiro atoms. The van der Waals surface area contributed by atoms with Gasteiger partial charge in [0.05, 0.1) is 13.7 Å². The van der Waals surface area contributed by atoms with E-state index in [1.165, 1.54) is 12.0 Å². The Morgan fingerprint density at radius 1 is 1.10 bits per heavy atom. The predicted molar refractivity (Wildman–Crippen MR) is 119 cm³/mol. The number of amides is 2. The Kier molecular flexibility index (Phi) is 6.74. The van der Waals surface area contributed by atoms with Gasteiger partial charge in [-0.1, -0.05) is 35.4 Å². The summed E-state index contributed by atoms with van der Waals surface area (Å²) in [7, 11) is 2.85. The molecule has 0 aliphatic rings. The molecule has 3 rings (SSSR count). The number of aromatic nitrogens is 1. The summed E-state index contributed by atoms with van der Waals surface area (Å²) in [4.78, 5) is 42.1. The number of benzene rings is 2. The van der Waals surface area contributed by atoms with Gasteiger partial charge in [-0.15, -0.1) is 0 Å². The minimum absolute atomic E-state index is 0.173. The van der Waals surface area contributed by atoms with Crippen LogP contribution in [-0.4, -0.2) is 54.4 Å². The second-order valence-corrected chi connectivity index (χ2v) is 7.74. The average Bonchev–Trinajstić information content (AvgIpc) is 3.14. The topological polar surface area (TPSA) is 91.5 Å². The lowest BCUT2D eigenvalue weighted by atomic mass is 10.0. The van der Waals surface area contributed by atoms with E-state index in [2.05, 4.69) is 10.3 Å². The van der Waals surface area contributed by atoms with Crippen LogP contribution in [0.4, 0.5) is 0 Å². The number of hydrogen-bond acceptors (Lipinski definition) is 4. The van der Waals surface area contributed by atoms with E-state index >= 15 is 0 Å². The second kappa shape index (κ2) is 9.47. The van der Waals surface area contributed by atoms with Gasteiger partial charge in [0.15, 0.2) is 0 Å². The highest BCUT2D eigenvalue weighted by molar-refractivity contribution is 5.97. The van der Waals surface area contributed by atoms with E-state index in [1.54, 1.807) is 19.2 Å². The number of fused-ring (bicyclic) bond motifs is 1. The van der Waals surface area contributed by atoms with Crippen molar-refractivity contribution in [3.05, 3.63) is 70.9 Å². The summed E-state index contributed by atoms with van der Waals surface area (Å²) in [5.41, 5.74) is 4.32. The van der Waals surface area contributed by atoms with Crippen LogP contribution in [0.15, 0.2) is 48.7 Å². The maximum absolute atomic E-state index is 12.7. The summed E-state index contributed by atoms with van der Waals surface area (Å²) in [6.45, 7) is 3.66. The number of ether oxygens (including phenoxy) is 1. The van der Waals surface area contributed by atoms with E-state index < -0.39 is 17.9 Å². The number of carbonyl (C=O) groups is 3. The number of hydrogen-bond donors (Lipinski definition) is 2. The molecule has 162 valence electrons. The number of aryl methyl sites for hydroxylation is 2. The van der Waals surface area contributed by atoms with Crippen LogP contribution >= 0.6 is 0 Å². The molecule has 2 aromatic carbocycles. The summed E-state index contributed by atoms with van der Waals surface area (Å²) in [6.07, 6.45) is 2.10. The highest BCUT2D eigenvalue weighted by Gasteiger charge is 2.25. The van der Waals surface area contributed by atoms with Crippen molar-refractivity contribution < 1.29 is 19.1 Å². The van der Waals surface area contributed by atoms with Crippen LogP contribution in [0, 0.1) is 13.8 Å². The fourth-order valence-corrected chi connectivity index (χ4v) is 3.70. The lowest BCUT2D eigenvalue weighted by Crippen LogP contribution is -2.47. The standard InChI is InChI=1S/C24H27N3O4/c1-15-9-16(2)11-17(10-15)23(29)27(3)14-22(28)26-21(24(30)31-4)12-18-13-25-20-8-6-5-7-19(18)20/h5-11,13,21,25H,12,14H2,1-4H3,(H,26,28). The molecule has 7 heteroatoms. The number of methoxy groups -OCH3 is 1. The Labute approximate surface area is 181 Å². The molecule has 31 heavy (non-hydrogen) atoms. The summed E-state index contributed by atoms with van der Waals surface area (Å²) in [5.74, 6) is -1.23. The average molecular weight is 421 g/mol. The van der Waals surface area contributed by atoms with E-state index in [-0.39, 0.29) is 18.9 Å². The zero-order valence-electron chi connectivity index (χ0n) is 18.2. The van der Waals surface area contributed by atoms with E-state index in [4.69, 9.17) is 4.74 Å². The largest absolute Gasteiger partial charge is 0.467 e. The molecule has 1 heterocycles. The molecule has 0 bridgehead atoms. The molecular formula is C24H27N3O4. The van der Waals surface area contributed by atoms with Crippen LogP contribution in [0.5, 0.6) is 0 Å². The van der Waals surface area contributed by atoms with Crippen LogP contribution in [0.2, 0.25) is 0 Å². The van der Waals surface area contributed by atoms with Crippen LogP contribution in [0.1, 0.15) is 27.0 Å². The normalized spacial score (nSPS) is 11.7. The van der Waals surface area contributed by atoms with E-state index in [0.717, 1.165) is 27.6 Å². The molecule has 0 radical (unpaired) electrons. The maximum Gasteiger partial charge on any atom is 0.328 e. The first-order valence-corrected chi connectivity index (χ1v) is 10.0. The molecule has 2 N–H and O–H groups in total. The zero-order chi connectivity index (χ0) is 22.5. The Balaban J connectivity index is 1.69. The van der Waals surface area contributed by atoms with Gasteiger partial charge in [-0.05, 0) is 37.6 Å². The van der Waals surface area contributed by atoms with Crippen molar-refractivity contribution in [1.29, 1.82) is 0 Å². The fraction of sp³-hybridized carbons (Fsp3) is 0.292. The molecule has 1 aromatic heterocycles. The molecular weight excluding hydrogens is 394 g/mol. The van der Waals surface area contributed by atoms with Gasteiger partial charge in [0.25, 0.3) is 5.91 Å². The van der Waals surface area contributed by atoms with Gasteiger partial charge in [-0.25, -0.2) is 4.79 Å². The molecule has 0 aliphatic carbocycles. The van der Waals surface area contributed by atoms with Gasteiger partial charge in [0.1, 0.15) is 6.04 Å². The number of nitrogens with zero attached hydrogens (tertiary/aromatic N) is 1.